The summed E-state index contributed by atoms with van der Waals surface area (Å²) in [5.74, 6) is 1.59. The van der Waals surface area contributed by atoms with Crippen LogP contribution < -0.4 is 5.73 Å². The molecule has 0 aliphatic heterocycles. The first kappa shape index (κ1) is 14.4. The number of hydrogen-bond acceptors (Lipinski definition) is 5. The van der Waals surface area contributed by atoms with Crippen molar-refractivity contribution in [2.24, 2.45) is 5.73 Å². The van der Waals surface area contributed by atoms with Gasteiger partial charge >= 0.3 is 0 Å². The van der Waals surface area contributed by atoms with Crippen LogP contribution in [0.25, 0.3) is 0 Å². The molecule has 4 nitrogen and oxygen atoms in total. The lowest BCUT2D eigenvalue weighted by molar-refractivity contribution is 0.632. The van der Waals surface area contributed by atoms with Crippen LogP contribution in [0.2, 0.25) is 0 Å². The first-order valence-electron chi connectivity index (χ1n) is 4.92. The van der Waals surface area contributed by atoms with Gasteiger partial charge in [-0.25, -0.2) is 0 Å². The standard InChI is InChI=1S/C10H16N4S3/c1-14(2)10(13)16-6-8-4-3-7(17-8)5-15-9(11)12/h3-4,13H,5-6H2,1-2H3,(H3,11,12). The molecule has 0 bridgehead atoms. The van der Waals surface area contributed by atoms with Crippen LogP contribution in [0.1, 0.15) is 9.75 Å². The molecule has 0 aliphatic rings. The predicted molar refractivity (Wildman–Crippen MR) is 80.2 cm³/mol. The smallest absolute Gasteiger partial charge is 0.156 e. The molecule has 17 heavy (non-hydrogen) atoms. The Kier molecular flexibility index (Phi) is 5.87. The summed E-state index contributed by atoms with van der Waals surface area (Å²) in [5.41, 5.74) is 5.29. The van der Waals surface area contributed by atoms with Crippen molar-refractivity contribution in [3.05, 3.63) is 21.9 Å². The van der Waals surface area contributed by atoms with E-state index < -0.39 is 0 Å². The maximum atomic E-state index is 7.68. The van der Waals surface area contributed by atoms with Gasteiger partial charge in [-0.15, -0.1) is 11.3 Å². The van der Waals surface area contributed by atoms with E-state index in [1.807, 2.05) is 14.1 Å². The summed E-state index contributed by atoms with van der Waals surface area (Å²) in [5, 5.41) is 15.5. The predicted octanol–water partition coefficient (Wildman–Crippen LogP) is 2.60. The van der Waals surface area contributed by atoms with Gasteiger partial charge in [-0.05, 0) is 12.1 Å². The number of nitrogens with one attached hydrogen (secondary N) is 2. The van der Waals surface area contributed by atoms with Crippen molar-refractivity contribution in [2.75, 3.05) is 14.1 Å². The van der Waals surface area contributed by atoms with Gasteiger partial charge in [-0.1, -0.05) is 23.5 Å². The number of rotatable bonds is 4. The highest BCUT2D eigenvalue weighted by atomic mass is 32.2. The summed E-state index contributed by atoms with van der Waals surface area (Å²) in [6.45, 7) is 0. The summed E-state index contributed by atoms with van der Waals surface area (Å²) in [6.07, 6.45) is 0. The van der Waals surface area contributed by atoms with E-state index in [0.717, 1.165) is 11.5 Å². The third kappa shape index (κ3) is 5.47. The van der Waals surface area contributed by atoms with Crippen LogP contribution in [-0.2, 0) is 11.5 Å². The summed E-state index contributed by atoms with van der Waals surface area (Å²) in [7, 11) is 3.75. The summed E-state index contributed by atoms with van der Waals surface area (Å²) < 4.78 is 0. The van der Waals surface area contributed by atoms with E-state index in [4.69, 9.17) is 16.6 Å². The number of thiophene rings is 1. The van der Waals surface area contributed by atoms with Crippen LogP contribution in [-0.4, -0.2) is 29.3 Å². The molecule has 1 aromatic heterocycles. The van der Waals surface area contributed by atoms with Crippen molar-refractivity contribution in [3.8, 4) is 0 Å². The molecule has 0 fully saturated rings. The second-order valence-electron chi connectivity index (χ2n) is 3.51. The van der Waals surface area contributed by atoms with Crippen LogP contribution in [0.5, 0.6) is 0 Å². The van der Waals surface area contributed by atoms with E-state index in [9.17, 15) is 0 Å². The summed E-state index contributed by atoms with van der Waals surface area (Å²) in [4.78, 5) is 4.27. The SMILES string of the molecule is CN(C)C(=N)SCc1ccc(CSC(=N)N)s1. The molecule has 0 saturated carbocycles. The van der Waals surface area contributed by atoms with E-state index in [2.05, 4.69) is 12.1 Å². The molecule has 0 aliphatic carbocycles. The quantitative estimate of drug-likeness (QED) is 0.588. The van der Waals surface area contributed by atoms with Gasteiger partial charge in [0.05, 0.1) is 0 Å². The van der Waals surface area contributed by atoms with Gasteiger partial charge < -0.3 is 10.6 Å². The second kappa shape index (κ2) is 6.93. The lowest BCUT2D eigenvalue weighted by atomic mass is 10.5. The molecule has 0 saturated heterocycles. The van der Waals surface area contributed by atoms with Gasteiger partial charge in [0.2, 0.25) is 0 Å². The third-order valence-electron chi connectivity index (χ3n) is 1.84. The number of nitrogens with two attached hydrogens (primary N) is 1. The highest BCUT2D eigenvalue weighted by molar-refractivity contribution is 8.13. The molecule has 0 radical (unpaired) electrons. The zero-order valence-electron chi connectivity index (χ0n) is 9.82. The topological polar surface area (TPSA) is 77.0 Å². The molecule has 1 aromatic rings. The highest BCUT2D eigenvalue weighted by Crippen LogP contribution is 2.25. The van der Waals surface area contributed by atoms with Crippen molar-refractivity contribution in [2.45, 2.75) is 11.5 Å². The minimum atomic E-state index is 0.156. The second-order valence-corrected chi connectivity index (χ2v) is 6.74. The lowest BCUT2D eigenvalue weighted by Crippen LogP contribution is -2.17. The van der Waals surface area contributed by atoms with Crippen LogP contribution in [0, 0.1) is 10.8 Å². The van der Waals surface area contributed by atoms with E-state index in [1.165, 1.54) is 33.3 Å². The highest BCUT2D eigenvalue weighted by Gasteiger charge is 2.05. The zero-order valence-corrected chi connectivity index (χ0v) is 12.3. The molecule has 0 spiro atoms. The van der Waals surface area contributed by atoms with Gasteiger partial charge in [0.1, 0.15) is 0 Å². The van der Waals surface area contributed by atoms with Crippen molar-refractivity contribution < 1.29 is 0 Å². The van der Waals surface area contributed by atoms with Gasteiger partial charge in [0.15, 0.2) is 10.3 Å². The van der Waals surface area contributed by atoms with Crippen molar-refractivity contribution in [3.63, 3.8) is 0 Å². The molecule has 0 atom stereocenters. The number of nitrogens with zero attached hydrogens (tertiary/aromatic N) is 1. The Hall–Kier alpha value is -0.660. The molecule has 1 rings (SSSR count). The van der Waals surface area contributed by atoms with Gasteiger partial charge in [0.25, 0.3) is 0 Å². The Labute approximate surface area is 114 Å². The van der Waals surface area contributed by atoms with Gasteiger partial charge in [-0.2, -0.15) is 0 Å². The number of thioether (sulfide) groups is 2. The monoisotopic (exact) mass is 288 g/mol. The Morgan fingerprint density at radius 2 is 1.76 bits per heavy atom. The fourth-order valence-electron chi connectivity index (χ4n) is 0.995. The zero-order chi connectivity index (χ0) is 12.8. The van der Waals surface area contributed by atoms with Crippen LogP contribution in [0.4, 0.5) is 0 Å². The van der Waals surface area contributed by atoms with Crippen LogP contribution >= 0.6 is 34.9 Å². The van der Waals surface area contributed by atoms with E-state index in [0.29, 0.717) is 5.17 Å². The van der Waals surface area contributed by atoms with Crippen molar-refractivity contribution >= 4 is 45.2 Å². The minimum absolute atomic E-state index is 0.156. The summed E-state index contributed by atoms with van der Waals surface area (Å²) in [6, 6.07) is 4.15. The van der Waals surface area contributed by atoms with Crippen LogP contribution in [0.15, 0.2) is 12.1 Å². The van der Waals surface area contributed by atoms with Gasteiger partial charge in [0, 0.05) is 35.4 Å². The minimum Gasteiger partial charge on any atom is -0.379 e. The first-order valence-corrected chi connectivity index (χ1v) is 7.71. The molecule has 0 amide bonds. The third-order valence-corrected chi connectivity index (χ3v) is 5.16. The molecular formula is C10H16N4S3. The van der Waals surface area contributed by atoms with Crippen molar-refractivity contribution in [1.29, 1.82) is 10.8 Å². The van der Waals surface area contributed by atoms with Crippen molar-refractivity contribution in [1.82, 2.24) is 4.90 Å². The van der Waals surface area contributed by atoms with Gasteiger partial charge in [-0.3, -0.25) is 10.8 Å². The number of amidine groups is 2. The first-order chi connectivity index (χ1) is 7.99. The van der Waals surface area contributed by atoms with E-state index >= 15 is 0 Å². The molecule has 0 unspecified atom stereocenters. The summed E-state index contributed by atoms with van der Waals surface area (Å²) >= 11 is 4.58. The number of hydrogen-bond donors (Lipinski definition) is 3. The van der Waals surface area contributed by atoms with Crippen LogP contribution in [0.3, 0.4) is 0 Å². The average molecular weight is 288 g/mol. The molecule has 7 heteroatoms. The fraction of sp³-hybridized carbons (Fsp3) is 0.400. The maximum Gasteiger partial charge on any atom is 0.156 e. The lowest BCUT2D eigenvalue weighted by Gasteiger charge is -2.11. The Morgan fingerprint density at radius 1 is 1.24 bits per heavy atom. The van der Waals surface area contributed by atoms with E-state index in [1.54, 1.807) is 16.2 Å². The largest absolute Gasteiger partial charge is 0.379 e. The molecule has 0 aromatic carbocycles. The Morgan fingerprint density at radius 3 is 2.24 bits per heavy atom. The normalized spacial score (nSPS) is 10.2. The molecule has 4 N–H and O–H groups in total. The molecule has 94 valence electrons. The Bertz CT molecular complexity index is 400. The maximum absolute atomic E-state index is 7.68. The molecular weight excluding hydrogens is 272 g/mol. The molecule has 1 heterocycles. The Balaban J connectivity index is 2.40. The fourth-order valence-corrected chi connectivity index (χ4v) is 3.46. The average Bonchev–Trinajstić information content (AvgIpc) is 2.70. The van der Waals surface area contributed by atoms with E-state index in [-0.39, 0.29) is 5.17 Å².